The van der Waals surface area contributed by atoms with Gasteiger partial charge >= 0.3 is 0 Å². The Bertz CT molecular complexity index is 1640. The van der Waals surface area contributed by atoms with Crippen molar-refractivity contribution in [1.82, 2.24) is 5.32 Å². The topological polar surface area (TPSA) is 66.5 Å². The summed E-state index contributed by atoms with van der Waals surface area (Å²) < 4.78 is 13.8. The van der Waals surface area contributed by atoms with E-state index in [2.05, 4.69) is 23.5 Å². The Morgan fingerprint density at radius 2 is 1.74 bits per heavy atom. The van der Waals surface area contributed by atoms with Gasteiger partial charge in [-0.1, -0.05) is 60.2 Å². The molecule has 1 N–H and O–H groups in total. The number of nitrogens with zero attached hydrogens (tertiary/aromatic N) is 1. The molecule has 0 radical (unpaired) electrons. The standard InChI is InChI=1S/C33H30N2O3S/c1-21-14-15-22(2)25(18-21)20-35-29-19-24(32(36)34-28-12-7-9-23-8-3-4-10-26(23)28)16-17-31(29)39(38)30-13-6-5-11-27(30)33(35)37/h3-6,8,10-11,13-19,28H,7,9,12,20H2,1-2H3,(H,34,36)/t28-,39+/m0/s1. The summed E-state index contributed by atoms with van der Waals surface area (Å²) in [6, 6.07) is 26.6. The first-order valence-corrected chi connectivity index (χ1v) is 14.5. The van der Waals surface area contributed by atoms with Crippen LogP contribution in [0.5, 0.6) is 0 Å². The molecule has 1 heterocycles. The summed E-state index contributed by atoms with van der Waals surface area (Å²) in [7, 11) is -1.57. The number of aryl methyl sites for hydroxylation is 3. The van der Waals surface area contributed by atoms with Gasteiger partial charge in [-0.3, -0.25) is 9.59 Å². The average Bonchev–Trinajstić information content (AvgIpc) is 3.04. The van der Waals surface area contributed by atoms with E-state index >= 15 is 0 Å². The Morgan fingerprint density at radius 3 is 2.62 bits per heavy atom. The van der Waals surface area contributed by atoms with Crippen LogP contribution in [0.1, 0.15) is 67.4 Å². The highest BCUT2D eigenvalue weighted by molar-refractivity contribution is 7.85. The normalized spacial score (nSPS) is 18.0. The van der Waals surface area contributed by atoms with Crippen LogP contribution < -0.4 is 10.2 Å². The van der Waals surface area contributed by atoms with Gasteiger partial charge in [0.15, 0.2) is 0 Å². The third-order valence-corrected chi connectivity index (χ3v) is 9.28. The highest BCUT2D eigenvalue weighted by atomic mass is 32.2. The highest BCUT2D eigenvalue weighted by Gasteiger charge is 2.32. The Labute approximate surface area is 231 Å². The van der Waals surface area contributed by atoms with Gasteiger partial charge in [-0.15, -0.1) is 0 Å². The molecule has 0 aromatic heterocycles. The van der Waals surface area contributed by atoms with E-state index in [1.807, 2.05) is 38.1 Å². The zero-order valence-corrected chi connectivity index (χ0v) is 22.9. The van der Waals surface area contributed by atoms with Crippen LogP contribution in [0, 0.1) is 13.8 Å². The van der Waals surface area contributed by atoms with Crippen molar-refractivity contribution in [1.29, 1.82) is 0 Å². The monoisotopic (exact) mass is 534 g/mol. The molecule has 4 aromatic carbocycles. The molecule has 0 saturated heterocycles. The first-order chi connectivity index (χ1) is 18.9. The van der Waals surface area contributed by atoms with E-state index in [0.29, 0.717) is 33.2 Å². The number of hydrogen-bond donors (Lipinski definition) is 1. The second-order valence-electron chi connectivity index (χ2n) is 10.4. The van der Waals surface area contributed by atoms with Crippen LogP contribution in [-0.2, 0) is 23.8 Å². The molecule has 0 spiro atoms. The lowest BCUT2D eigenvalue weighted by Crippen LogP contribution is -2.32. The van der Waals surface area contributed by atoms with E-state index in [1.165, 1.54) is 5.56 Å². The Hall–Kier alpha value is -4.03. The van der Waals surface area contributed by atoms with Gasteiger partial charge in [-0.2, -0.15) is 0 Å². The Balaban J connectivity index is 1.41. The summed E-state index contributed by atoms with van der Waals surface area (Å²) in [6.45, 7) is 4.36. The van der Waals surface area contributed by atoms with Crippen LogP contribution in [0.3, 0.4) is 0 Å². The molecular formula is C33H30N2O3S. The van der Waals surface area contributed by atoms with Crippen molar-refractivity contribution in [3.63, 3.8) is 0 Å². The number of anilines is 1. The minimum Gasteiger partial charge on any atom is -0.345 e. The zero-order valence-electron chi connectivity index (χ0n) is 22.1. The van der Waals surface area contributed by atoms with Crippen molar-refractivity contribution in [3.8, 4) is 0 Å². The lowest BCUT2D eigenvalue weighted by molar-refractivity contribution is 0.0930. The number of hydrogen-bond acceptors (Lipinski definition) is 3. The van der Waals surface area contributed by atoms with E-state index in [9.17, 15) is 13.8 Å². The van der Waals surface area contributed by atoms with Gasteiger partial charge < -0.3 is 10.2 Å². The third kappa shape index (κ3) is 4.70. The van der Waals surface area contributed by atoms with Crippen molar-refractivity contribution < 1.29 is 13.8 Å². The van der Waals surface area contributed by atoms with Crippen molar-refractivity contribution in [2.75, 3.05) is 4.90 Å². The van der Waals surface area contributed by atoms with Gasteiger partial charge in [0, 0.05) is 5.56 Å². The predicted molar refractivity (Wildman–Crippen MR) is 154 cm³/mol. The fourth-order valence-corrected chi connectivity index (χ4v) is 6.99. The summed E-state index contributed by atoms with van der Waals surface area (Å²) >= 11 is 0. The van der Waals surface area contributed by atoms with Gasteiger partial charge in [0.1, 0.15) is 0 Å². The largest absolute Gasteiger partial charge is 0.345 e. The maximum atomic E-state index is 14.0. The number of fused-ring (bicyclic) bond motifs is 3. The number of rotatable bonds is 4. The Morgan fingerprint density at radius 1 is 0.949 bits per heavy atom. The molecule has 196 valence electrons. The van der Waals surface area contributed by atoms with Crippen molar-refractivity contribution >= 4 is 28.3 Å². The van der Waals surface area contributed by atoms with Gasteiger partial charge in [0.2, 0.25) is 0 Å². The van der Waals surface area contributed by atoms with Gasteiger partial charge in [0.05, 0.1) is 44.4 Å². The van der Waals surface area contributed by atoms with Crippen molar-refractivity contribution in [2.45, 2.75) is 55.5 Å². The zero-order chi connectivity index (χ0) is 27.1. The average molecular weight is 535 g/mol. The number of carbonyl (C=O) groups excluding carboxylic acids is 2. The molecule has 39 heavy (non-hydrogen) atoms. The fraction of sp³-hybridized carbons (Fsp3) is 0.212. The van der Waals surface area contributed by atoms with Crippen LogP contribution in [0.15, 0.2) is 94.7 Å². The van der Waals surface area contributed by atoms with Crippen LogP contribution in [-0.4, -0.2) is 16.0 Å². The lowest BCUT2D eigenvalue weighted by atomic mass is 9.87. The van der Waals surface area contributed by atoms with E-state index in [1.54, 1.807) is 47.4 Å². The summed E-state index contributed by atoms with van der Waals surface area (Å²) in [5, 5.41) is 3.22. The molecule has 4 aromatic rings. The first-order valence-electron chi connectivity index (χ1n) is 13.3. The molecule has 0 fully saturated rings. The summed E-state index contributed by atoms with van der Waals surface area (Å²) in [5.74, 6) is -0.427. The molecule has 2 amide bonds. The highest BCUT2D eigenvalue weighted by Crippen LogP contribution is 2.37. The minimum absolute atomic E-state index is 0.0627. The van der Waals surface area contributed by atoms with E-state index in [4.69, 9.17) is 0 Å². The third-order valence-electron chi connectivity index (χ3n) is 7.78. The van der Waals surface area contributed by atoms with Crippen LogP contribution >= 0.6 is 0 Å². The maximum absolute atomic E-state index is 14.0. The summed E-state index contributed by atoms with van der Waals surface area (Å²) in [6.07, 6.45) is 2.91. The van der Waals surface area contributed by atoms with E-state index in [-0.39, 0.29) is 17.9 Å². The smallest absolute Gasteiger partial charge is 0.259 e. The summed E-state index contributed by atoms with van der Waals surface area (Å²) in [4.78, 5) is 30.2. The number of benzene rings is 4. The van der Waals surface area contributed by atoms with Gasteiger partial charge in [0.25, 0.3) is 11.8 Å². The number of amides is 2. The fourth-order valence-electron chi connectivity index (χ4n) is 5.65. The minimum atomic E-state index is -1.57. The SMILES string of the molecule is Cc1ccc(C)c(CN2C(=O)c3ccccc3[S@@](=O)c3ccc(C(=O)N[C@H]4CCCc5ccccc54)cc32)c1. The van der Waals surface area contributed by atoms with Crippen LogP contribution in [0.25, 0.3) is 0 Å². The second-order valence-corrected chi connectivity index (χ2v) is 11.8. The second kappa shape index (κ2) is 10.3. The number of carbonyl (C=O) groups is 2. The number of nitrogens with one attached hydrogen (secondary N) is 1. The van der Waals surface area contributed by atoms with E-state index in [0.717, 1.165) is 41.5 Å². The molecular weight excluding hydrogens is 504 g/mol. The van der Waals surface area contributed by atoms with E-state index < -0.39 is 10.8 Å². The molecule has 6 rings (SSSR count). The first kappa shape index (κ1) is 25.3. The molecule has 1 aliphatic carbocycles. The summed E-state index contributed by atoms with van der Waals surface area (Å²) in [5.41, 5.74) is 6.98. The molecule has 5 nitrogen and oxygen atoms in total. The molecule has 2 atom stereocenters. The van der Waals surface area contributed by atoms with Gasteiger partial charge in [-0.05, 0) is 85.7 Å². The Kier molecular flexibility index (Phi) is 6.65. The molecule has 0 saturated carbocycles. The molecule has 0 unspecified atom stereocenters. The molecule has 0 bridgehead atoms. The van der Waals surface area contributed by atoms with Crippen LogP contribution in [0.2, 0.25) is 0 Å². The van der Waals surface area contributed by atoms with Crippen molar-refractivity contribution in [3.05, 3.63) is 124 Å². The molecule has 1 aliphatic heterocycles. The van der Waals surface area contributed by atoms with Gasteiger partial charge in [-0.25, -0.2) is 4.21 Å². The molecule has 6 heteroatoms. The lowest BCUT2D eigenvalue weighted by Gasteiger charge is -2.27. The maximum Gasteiger partial charge on any atom is 0.259 e. The van der Waals surface area contributed by atoms with Crippen LogP contribution in [0.4, 0.5) is 5.69 Å². The quantitative estimate of drug-likeness (QED) is 0.328. The predicted octanol–water partition coefficient (Wildman–Crippen LogP) is 6.44. The molecule has 2 aliphatic rings. The van der Waals surface area contributed by atoms with Crippen molar-refractivity contribution in [2.24, 2.45) is 0 Å².